The lowest BCUT2D eigenvalue weighted by molar-refractivity contribution is -0.144. The summed E-state index contributed by atoms with van der Waals surface area (Å²) >= 11 is 0. The molecule has 0 saturated heterocycles. The molecule has 1 fully saturated rings. The number of methoxy groups -OCH3 is 1. The van der Waals surface area contributed by atoms with Crippen molar-refractivity contribution in [1.29, 1.82) is 0 Å². The second kappa shape index (κ2) is 5.11. The summed E-state index contributed by atoms with van der Waals surface area (Å²) in [6.45, 7) is 2.02. The van der Waals surface area contributed by atoms with E-state index in [0.29, 0.717) is 6.42 Å². The molecule has 1 aromatic carbocycles. The van der Waals surface area contributed by atoms with Crippen LogP contribution in [0.25, 0.3) is 0 Å². The number of carbonyl (C=O) groups is 1. The van der Waals surface area contributed by atoms with Crippen LogP contribution in [-0.2, 0) is 15.1 Å². The van der Waals surface area contributed by atoms with Gasteiger partial charge in [-0.15, -0.1) is 0 Å². The average molecular weight is 248 g/mol. The zero-order valence-corrected chi connectivity index (χ0v) is 11.0. The van der Waals surface area contributed by atoms with E-state index in [1.807, 2.05) is 31.2 Å². The van der Waals surface area contributed by atoms with Gasteiger partial charge < -0.3 is 9.84 Å². The summed E-state index contributed by atoms with van der Waals surface area (Å²) < 4.78 is 4.71. The quantitative estimate of drug-likeness (QED) is 0.836. The molecule has 1 aliphatic rings. The monoisotopic (exact) mass is 248 g/mol. The largest absolute Gasteiger partial charge is 0.469 e. The van der Waals surface area contributed by atoms with E-state index in [9.17, 15) is 9.90 Å². The summed E-state index contributed by atoms with van der Waals surface area (Å²) in [5.41, 5.74) is 1.21. The van der Waals surface area contributed by atoms with E-state index >= 15 is 0 Å². The highest BCUT2D eigenvalue weighted by Gasteiger charge is 2.43. The maximum Gasteiger partial charge on any atom is 0.305 e. The summed E-state index contributed by atoms with van der Waals surface area (Å²) in [4.78, 5) is 11.4. The molecule has 0 bridgehead atoms. The Morgan fingerprint density at radius 3 is 2.72 bits per heavy atom. The zero-order chi connectivity index (χ0) is 13.2. The third-order valence-electron chi connectivity index (χ3n) is 3.98. The molecule has 2 atom stereocenters. The van der Waals surface area contributed by atoms with E-state index in [0.717, 1.165) is 24.8 Å². The predicted octanol–water partition coefficient (Wildman–Crippen LogP) is 2.55. The van der Waals surface area contributed by atoms with Crippen LogP contribution in [0.1, 0.15) is 36.8 Å². The zero-order valence-electron chi connectivity index (χ0n) is 11.0. The minimum absolute atomic E-state index is 0.0346. The van der Waals surface area contributed by atoms with Crippen molar-refractivity contribution in [3.8, 4) is 0 Å². The van der Waals surface area contributed by atoms with Crippen LogP contribution in [0, 0.1) is 12.8 Å². The molecule has 3 nitrogen and oxygen atoms in total. The highest BCUT2D eigenvalue weighted by Crippen LogP contribution is 2.45. The number of esters is 1. The molecule has 2 rings (SSSR count). The molecule has 0 aromatic heterocycles. The fourth-order valence-electron chi connectivity index (χ4n) is 2.84. The summed E-state index contributed by atoms with van der Waals surface area (Å²) in [5, 5.41) is 10.8. The predicted molar refractivity (Wildman–Crippen MR) is 69.0 cm³/mol. The van der Waals surface area contributed by atoms with Crippen molar-refractivity contribution in [1.82, 2.24) is 0 Å². The Hall–Kier alpha value is -1.35. The van der Waals surface area contributed by atoms with Crippen molar-refractivity contribution in [3.05, 3.63) is 35.4 Å². The average Bonchev–Trinajstić information content (AvgIpc) is 2.72. The van der Waals surface area contributed by atoms with Gasteiger partial charge in [-0.1, -0.05) is 29.8 Å². The highest BCUT2D eigenvalue weighted by atomic mass is 16.5. The first kappa shape index (κ1) is 13.1. The number of aliphatic hydroxyl groups is 1. The van der Waals surface area contributed by atoms with Crippen LogP contribution < -0.4 is 0 Å². The number of benzene rings is 1. The maximum absolute atomic E-state index is 11.4. The van der Waals surface area contributed by atoms with Gasteiger partial charge in [0.15, 0.2) is 0 Å². The molecule has 0 aliphatic heterocycles. The van der Waals surface area contributed by atoms with E-state index in [1.54, 1.807) is 0 Å². The van der Waals surface area contributed by atoms with Crippen molar-refractivity contribution >= 4 is 5.97 Å². The topological polar surface area (TPSA) is 46.5 Å². The van der Waals surface area contributed by atoms with Gasteiger partial charge in [-0.25, -0.2) is 0 Å². The minimum atomic E-state index is -0.873. The van der Waals surface area contributed by atoms with Crippen LogP contribution >= 0.6 is 0 Å². The molecule has 1 saturated carbocycles. The molecular formula is C15H20O3. The number of ether oxygens (including phenoxy) is 1. The summed E-state index contributed by atoms with van der Waals surface area (Å²) in [6.07, 6.45) is 2.84. The Labute approximate surface area is 108 Å². The van der Waals surface area contributed by atoms with Crippen LogP contribution in [0.15, 0.2) is 24.3 Å². The summed E-state index contributed by atoms with van der Waals surface area (Å²) in [6, 6.07) is 7.93. The Morgan fingerprint density at radius 2 is 2.11 bits per heavy atom. The van der Waals surface area contributed by atoms with Crippen LogP contribution in [0.5, 0.6) is 0 Å². The van der Waals surface area contributed by atoms with E-state index in [-0.39, 0.29) is 11.9 Å². The fourth-order valence-corrected chi connectivity index (χ4v) is 2.84. The van der Waals surface area contributed by atoms with E-state index in [2.05, 4.69) is 0 Å². The van der Waals surface area contributed by atoms with E-state index < -0.39 is 5.60 Å². The number of rotatable bonds is 3. The number of hydrogen-bond acceptors (Lipinski definition) is 3. The Balaban J connectivity index is 2.22. The third-order valence-corrected chi connectivity index (χ3v) is 3.98. The van der Waals surface area contributed by atoms with Crippen LogP contribution in [-0.4, -0.2) is 18.2 Å². The molecule has 1 aliphatic carbocycles. The normalized spacial score (nSPS) is 27.2. The van der Waals surface area contributed by atoms with Crippen LogP contribution in [0.2, 0.25) is 0 Å². The van der Waals surface area contributed by atoms with Crippen LogP contribution in [0.3, 0.4) is 0 Å². The van der Waals surface area contributed by atoms with E-state index in [4.69, 9.17) is 4.74 Å². The van der Waals surface area contributed by atoms with Gasteiger partial charge in [-0.05, 0) is 31.7 Å². The second-order valence-corrected chi connectivity index (χ2v) is 5.16. The lowest BCUT2D eigenvalue weighted by Gasteiger charge is -2.30. The van der Waals surface area contributed by atoms with E-state index in [1.165, 1.54) is 12.7 Å². The first-order chi connectivity index (χ1) is 8.56. The lowest BCUT2D eigenvalue weighted by Crippen LogP contribution is -2.32. The number of hydrogen-bond donors (Lipinski definition) is 1. The number of carbonyl (C=O) groups excluding carboxylic acids is 1. The Morgan fingerprint density at radius 1 is 1.44 bits per heavy atom. The van der Waals surface area contributed by atoms with Gasteiger partial charge in [-0.2, -0.15) is 0 Å². The smallest absolute Gasteiger partial charge is 0.305 e. The molecular weight excluding hydrogens is 228 g/mol. The minimum Gasteiger partial charge on any atom is -0.469 e. The third kappa shape index (κ3) is 2.41. The van der Waals surface area contributed by atoms with Gasteiger partial charge in [0.05, 0.1) is 19.1 Å². The van der Waals surface area contributed by atoms with Crippen molar-refractivity contribution in [3.63, 3.8) is 0 Å². The first-order valence-electron chi connectivity index (χ1n) is 6.42. The Bertz CT molecular complexity index is 424. The first-order valence-corrected chi connectivity index (χ1v) is 6.42. The maximum atomic E-state index is 11.4. The van der Waals surface area contributed by atoms with Crippen molar-refractivity contribution in [2.75, 3.05) is 7.11 Å². The molecule has 0 amide bonds. The van der Waals surface area contributed by atoms with Gasteiger partial charge >= 0.3 is 5.97 Å². The summed E-state index contributed by atoms with van der Waals surface area (Å²) in [7, 11) is 1.39. The molecule has 1 aromatic rings. The molecule has 0 heterocycles. The van der Waals surface area contributed by atoms with Crippen LogP contribution in [0.4, 0.5) is 0 Å². The van der Waals surface area contributed by atoms with Gasteiger partial charge in [0.25, 0.3) is 0 Å². The molecule has 1 N–H and O–H groups in total. The summed E-state index contributed by atoms with van der Waals surface area (Å²) in [5.74, 6) is -0.278. The van der Waals surface area contributed by atoms with Gasteiger partial charge in [-0.3, -0.25) is 4.79 Å². The fraction of sp³-hybridized carbons (Fsp3) is 0.533. The van der Waals surface area contributed by atoms with Crippen molar-refractivity contribution < 1.29 is 14.6 Å². The van der Waals surface area contributed by atoms with Gasteiger partial charge in [0.2, 0.25) is 0 Å². The molecule has 0 radical (unpaired) electrons. The van der Waals surface area contributed by atoms with Gasteiger partial charge in [0.1, 0.15) is 0 Å². The molecule has 0 unspecified atom stereocenters. The molecule has 3 heteroatoms. The molecule has 18 heavy (non-hydrogen) atoms. The highest BCUT2D eigenvalue weighted by molar-refractivity contribution is 5.69. The van der Waals surface area contributed by atoms with Gasteiger partial charge in [0, 0.05) is 5.92 Å². The van der Waals surface area contributed by atoms with Crippen molar-refractivity contribution in [2.45, 2.75) is 38.2 Å². The standard InChI is InChI=1S/C15H20O3/c1-11-5-7-12(8-6-11)15(17)9-3-4-13(15)10-14(16)18-2/h5-8,13,17H,3-4,9-10H2,1-2H3/t13-,15-/m1/s1. The molecule has 98 valence electrons. The SMILES string of the molecule is COC(=O)C[C@H]1CCC[C@@]1(O)c1ccc(C)cc1. The Kier molecular flexibility index (Phi) is 3.71. The van der Waals surface area contributed by atoms with Crippen molar-refractivity contribution in [2.24, 2.45) is 5.92 Å². The number of aryl methyl sites for hydroxylation is 1. The lowest BCUT2D eigenvalue weighted by atomic mass is 9.82. The molecule has 0 spiro atoms. The second-order valence-electron chi connectivity index (χ2n) is 5.16.